The zero-order chi connectivity index (χ0) is 25.2. The Kier molecular flexibility index (Phi) is 6.32. The van der Waals surface area contributed by atoms with Gasteiger partial charge in [-0.25, -0.2) is 24.3 Å². The molecule has 1 amide bonds. The number of benzene rings is 1. The molecular weight excluding hydrogens is 472 g/mol. The molecule has 1 N–H and O–H groups in total. The molecule has 1 saturated heterocycles. The van der Waals surface area contributed by atoms with Crippen LogP contribution >= 0.6 is 0 Å². The highest BCUT2D eigenvalue weighted by Gasteiger charge is 2.22. The van der Waals surface area contributed by atoms with Crippen molar-refractivity contribution < 1.29 is 23.4 Å². The van der Waals surface area contributed by atoms with E-state index in [9.17, 15) is 13.6 Å². The lowest BCUT2D eigenvalue weighted by Gasteiger charge is -2.32. The highest BCUT2D eigenvalue weighted by atomic mass is 19.3. The number of anilines is 1. The van der Waals surface area contributed by atoms with Gasteiger partial charge in [0.25, 0.3) is 0 Å². The summed E-state index contributed by atoms with van der Waals surface area (Å²) in [5, 5.41) is 13.8. The molecule has 0 radical (unpaired) electrons. The summed E-state index contributed by atoms with van der Waals surface area (Å²) in [7, 11) is 0. The number of halogens is 2. The molecule has 0 spiro atoms. The summed E-state index contributed by atoms with van der Waals surface area (Å²) in [6, 6.07) is 10.3. The molecule has 3 aromatic heterocycles. The van der Waals surface area contributed by atoms with Gasteiger partial charge in [0.15, 0.2) is 5.65 Å². The average Bonchev–Trinajstić information content (AvgIpc) is 3.19. The van der Waals surface area contributed by atoms with Gasteiger partial charge in [-0.3, -0.25) is 0 Å². The summed E-state index contributed by atoms with van der Waals surface area (Å²) >= 11 is 0. The molecule has 186 valence electrons. The SMILES string of the molecule is Cc1nc2ccc(-c3cnc(N4CCN(C(=O)O)CC4)nc3)nn2c1Cc1ccccc1OC(F)F. The molecule has 0 aliphatic carbocycles. The van der Waals surface area contributed by atoms with Crippen LogP contribution in [0.2, 0.25) is 0 Å². The maximum absolute atomic E-state index is 12.9. The normalized spacial score (nSPS) is 14.0. The van der Waals surface area contributed by atoms with E-state index in [-0.39, 0.29) is 5.75 Å². The minimum Gasteiger partial charge on any atom is -0.465 e. The van der Waals surface area contributed by atoms with Gasteiger partial charge in [0.05, 0.1) is 17.1 Å². The van der Waals surface area contributed by atoms with Crippen LogP contribution in [0.5, 0.6) is 5.75 Å². The van der Waals surface area contributed by atoms with Gasteiger partial charge in [-0.1, -0.05) is 18.2 Å². The maximum atomic E-state index is 12.9. The number of para-hydroxylation sites is 1. The van der Waals surface area contributed by atoms with E-state index < -0.39 is 12.7 Å². The molecule has 0 atom stereocenters. The number of hydrogen-bond donors (Lipinski definition) is 1. The monoisotopic (exact) mass is 495 g/mol. The Bertz CT molecular complexity index is 1390. The van der Waals surface area contributed by atoms with Crippen molar-refractivity contribution in [2.45, 2.75) is 20.0 Å². The quantitative estimate of drug-likeness (QED) is 0.433. The van der Waals surface area contributed by atoms with E-state index >= 15 is 0 Å². The highest BCUT2D eigenvalue weighted by molar-refractivity contribution is 5.65. The van der Waals surface area contributed by atoms with E-state index in [0.29, 0.717) is 61.0 Å². The second-order valence-corrected chi connectivity index (χ2v) is 8.32. The van der Waals surface area contributed by atoms with E-state index in [0.717, 1.165) is 11.4 Å². The second-order valence-electron chi connectivity index (χ2n) is 8.32. The molecule has 1 aromatic carbocycles. The number of rotatable bonds is 6. The number of fused-ring (bicyclic) bond motifs is 1. The summed E-state index contributed by atoms with van der Waals surface area (Å²) in [5.41, 5.74) is 4.05. The summed E-state index contributed by atoms with van der Waals surface area (Å²) in [4.78, 5) is 27.9. The number of piperazine rings is 1. The molecule has 1 aliphatic heterocycles. The molecule has 0 bridgehead atoms. The lowest BCUT2D eigenvalue weighted by Crippen LogP contribution is -2.48. The molecule has 4 aromatic rings. The first-order valence-electron chi connectivity index (χ1n) is 11.3. The van der Waals surface area contributed by atoms with Crippen LogP contribution in [-0.4, -0.2) is 73.5 Å². The lowest BCUT2D eigenvalue weighted by atomic mass is 10.1. The van der Waals surface area contributed by atoms with Gasteiger partial charge in [-0.15, -0.1) is 0 Å². The van der Waals surface area contributed by atoms with Crippen molar-refractivity contribution in [3.05, 3.63) is 65.7 Å². The topological polar surface area (TPSA) is 109 Å². The Morgan fingerprint density at radius 2 is 1.81 bits per heavy atom. The van der Waals surface area contributed by atoms with Gasteiger partial charge in [-0.2, -0.15) is 13.9 Å². The van der Waals surface area contributed by atoms with Crippen LogP contribution < -0.4 is 9.64 Å². The van der Waals surface area contributed by atoms with Crippen molar-refractivity contribution in [3.8, 4) is 17.0 Å². The number of ether oxygens (including phenoxy) is 1. The van der Waals surface area contributed by atoms with Gasteiger partial charge >= 0.3 is 12.7 Å². The number of aromatic nitrogens is 5. The standard InChI is InChI=1S/C24H23F2N7O3/c1-15-19(12-16-4-2-3-5-20(16)36-22(25)26)33-21(29-15)7-6-18(30-33)17-13-27-23(28-14-17)31-8-10-32(11-9-31)24(34)35/h2-7,13-14,22H,8-12H2,1H3,(H,34,35). The van der Waals surface area contributed by atoms with Gasteiger partial charge < -0.3 is 19.6 Å². The Balaban J connectivity index is 1.40. The van der Waals surface area contributed by atoms with Crippen molar-refractivity contribution in [1.29, 1.82) is 0 Å². The molecule has 1 fully saturated rings. The van der Waals surface area contributed by atoms with Crippen LogP contribution in [-0.2, 0) is 6.42 Å². The van der Waals surface area contributed by atoms with Crippen LogP contribution in [0.1, 0.15) is 17.0 Å². The number of imidazole rings is 1. The van der Waals surface area contributed by atoms with Crippen molar-refractivity contribution in [3.63, 3.8) is 0 Å². The minimum atomic E-state index is -2.91. The molecule has 10 nitrogen and oxygen atoms in total. The fourth-order valence-corrected chi connectivity index (χ4v) is 4.20. The van der Waals surface area contributed by atoms with Gasteiger partial charge in [-0.05, 0) is 25.1 Å². The summed E-state index contributed by atoms with van der Waals surface area (Å²) < 4.78 is 32.1. The van der Waals surface area contributed by atoms with Gasteiger partial charge in [0.2, 0.25) is 5.95 Å². The fraction of sp³-hybridized carbons (Fsp3) is 0.292. The van der Waals surface area contributed by atoms with E-state index in [2.05, 4.69) is 19.7 Å². The Morgan fingerprint density at radius 3 is 2.50 bits per heavy atom. The summed E-state index contributed by atoms with van der Waals surface area (Å²) in [6.45, 7) is 0.764. The molecule has 1 aliphatic rings. The zero-order valence-corrected chi connectivity index (χ0v) is 19.4. The summed E-state index contributed by atoms with van der Waals surface area (Å²) in [5.74, 6) is 0.644. The average molecular weight is 495 g/mol. The predicted molar refractivity (Wildman–Crippen MR) is 126 cm³/mol. The molecule has 36 heavy (non-hydrogen) atoms. The van der Waals surface area contributed by atoms with Crippen molar-refractivity contribution in [2.24, 2.45) is 0 Å². The van der Waals surface area contributed by atoms with E-state index in [1.165, 1.54) is 11.0 Å². The largest absolute Gasteiger partial charge is 0.465 e. The molecule has 12 heteroatoms. The predicted octanol–water partition coefficient (Wildman–Crippen LogP) is 3.49. The Labute approximate surface area is 204 Å². The lowest BCUT2D eigenvalue weighted by molar-refractivity contribution is -0.0504. The van der Waals surface area contributed by atoms with Crippen LogP contribution in [0.4, 0.5) is 19.5 Å². The van der Waals surface area contributed by atoms with E-state index in [1.54, 1.807) is 35.1 Å². The Morgan fingerprint density at radius 1 is 1.08 bits per heavy atom. The third-order valence-electron chi connectivity index (χ3n) is 6.08. The number of carbonyl (C=O) groups is 1. The number of carboxylic acid groups (broad SMARTS) is 1. The maximum Gasteiger partial charge on any atom is 0.407 e. The van der Waals surface area contributed by atoms with E-state index in [4.69, 9.17) is 10.2 Å². The third-order valence-corrected chi connectivity index (χ3v) is 6.08. The van der Waals surface area contributed by atoms with Crippen LogP contribution in [0, 0.1) is 6.92 Å². The molecule has 4 heterocycles. The Hall–Kier alpha value is -4.35. The van der Waals surface area contributed by atoms with Crippen molar-refractivity contribution in [1.82, 2.24) is 29.5 Å². The fourth-order valence-electron chi connectivity index (χ4n) is 4.20. The zero-order valence-electron chi connectivity index (χ0n) is 19.4. The highest BCUT2D eigenvalue weighted by Crippen LogP contribution is 2.26. The van der Waals surface area contributed by atoms with Crippen LogP contribution in [0.15, 0.2) is 48.8 Å². The smallest absolute Gasteiger partial charge is 0.407 e. The van der Waals surface area contributed by atoms with Crippen molar-refractivity contribution in [2.75, 3.05) is 31.1 Å². The van der Waals surface area contributed by atoms with E-state index in [1.807, 2.05) is 24.0 Å². The van der Waals surface area contributed by atoms with Crippen LogP contribution in [0.3, 0.4) is 0 Å². The first-order chi connectivity index (χ1) is 17.4. The molecular formula is C24H23F2N7O3. The minimum absolute atomic E-state index is 0.117. The second kappa shape index (κ2) is 9.72. The van der Waals surface area contributed by atoms with Crippen LogP contribution in [0.25, 0.3) is 16.9 Å². The van der Waals surface area contributed by atoms with Crippen molar-refractivity contribution >= 4 is 17.7 Å². The first kappa shape index (κ1) is 23.4. The third kappa shape index (κ3) is 4.74. The van der Waals surface area contributed by atoms with Gasteiger partial charge in [0, 0.05) is 56.1 Å². The molecule has 5 rings (SSSR count). The number of hydrogen-bond acceptors (Lipinski definition) is 7. The first-order valence-corrected chi connectivity index (χ1v) is 11.3. The molecule has 0 saturated carbocycles. The molecule has 0 unspecified atom stereocenters. The van der Waals surface area contributed by atoms with Gasteiger partial charge in [0.1, 0.15) is 5.75 Å². The number of amides is 1. The summed E-state index contributed by atoms with van der Waals surface area (Å²) in [6.07, 6.45) is 2.74. The number of nitrogens with zero attached hydrogens (tertiary/aromatic N) is 7. The number of alkyl halides is 2. The number of aryl methyl sites for hydroxylation is 1.